The van der Waals surface area contributed by atoms with Gasteiger partial charge in [0.1, 0.15) is 5.82 Å². The SMILES string of the molecule is CC1CCCCN1CCCNc1nc(N2CC3CCC(CC3)C2)c2ccccc2n1. The van der Waals surface area contributed by atoms with Gasteiger partial charge in [0.05, 0.1) is 5.52 Å². The van der Waals surface area contributed by atoms with E-state index in [1.54, 1.807) is 0 Å². The fraction of sp³-hybridized carbons (Fsp3) is 0.680. The normalized spacial score (nSPS) is 27.4. The van der Waals surface area contributed by atoms with Crippen molar-refractivity contribution in [1.29, 1.82) is 0 Å². The molecule has 1 aromatic carbocycles. The highest BCUT2D eigenvalue weighted by Gasteiger charge is 2.31. The maximum atomic E-state index is 5.05. The predicted molar refractivity (Wildman–Crippen MR) is 125 cm³/mol. The third kappa shape index (κ3) is 4.41. The molecule has 1 saturated carbocycles. The molecule has 1 atom stereocenters. The van der Waals surface area contributed by atoms with Crippen molar-refractivity contribution in [2.24, 2.45) is 11.8 Å². The van der Waals surface area contributed by atoms with Gasteiger partial charge in [-0.25, -0.2) is 4.98 Å². The third-order valence-corrected chi connectivity index (χ3v) is 7.65. The molecule has 4 aliphatic rings. The number of rotatable bonds is 6. The number of likely N-dealkylation sites (tertiary alicyclic amines) is 1. The number of hydrogen-bond acceptors (Lipinski definition) is 5. The molecule has 1 N–H and O–H groups in total. The van der Waals surface area contributed by atoms with E-state index in [9.17, 15) is 0 Å². The van der Waals surface area contributed by atoms with Gasteiger partial charge in [-0.1, -0.05) is 18.6 Å². The van der Waals surface area contributed by atoms with E-state index in [0.717, 1.165) is 61.2 Å². The van der Waals surface area contributed by atoms with Crippen molar-refractivity contribution in [3.05, 3.63) is 24.3 Å². The average Bonchev–Trinajstić information content (AvgIpc) is 3.11. The van der Waals surface area contributed by atoms with Gasteiger partial charge in [-0.3, -0.25) is 0 Å². The monoisotopic (exact) mass is 407 g/mol. The second kappa shape index (κ2) is 9.09. The number of fused-ring (bicyclic) bond motifs is 5. The smallest absolute Gasteiger partial charge is 0.225 e. The van der Waals surface area contributed by atoms with Crippen molar-refractivity contribution in [3.8, 4) is 0 Å². The van der Waals surface area contributed by atoms with Crippen LogP contribution in [0.5, 0.6) is 0 Å². The molecule has 0 amide bonds. The van der Waals surface area contributed by atoms with Crippen LogP contribution in [0.2, 0.25) is 0 Å². The minimum atomic E-state index is 0.737. The molecule has 30 heavy (non-hydrogen) atoms. The Bertz CT molecular complexity index is 831. The van der Waals surface area contributed by atoms with Crippen LogP contribution in [0.1, 0.15) is 58.3 Å². The molecule has 1 aromatic heterocycles. The summed E-state index contributed by atoms with van der Waals surface area (Å²) in [6.07, 6.45) is 10.8. The largest absolute Gasteiger partial charge is 0.355 e. The summed E-state index contributed by atoms with van der Waals surface area (Å²) in [5, 5.41) is 4.75. The van der Waals surface area contributed by atoms with Gasteiger partial charge in [-0.05, 0) is 82.4 Å². The molecule has 4 heterocycles. The van der Waals surface area contributed by atoms with E-state index >= 15 is 0 Å². The highest BCUT2D eigenvalue weighted by atomic mass is 15.2. The summed E-state index contributed by atoms with van der Waals surface area (Å²) < 4.78 is 0. The number of nitrogens with one attached hydrogen (secondary N) is 1. The van der Waals surface area contributed by atoms with Gasteiger partial charge < -0.3 is 15.1 Å². The summed E-state index contributed by atoms with van der Waals surface area (Å²) >= 11 is 0. The van der Waals surface area contributed by atoms with Gasteiger partial charge in [-0.2, -0.15) is 4.98 Å². The van der Waals surface area contributed by atoms with Crippen LogP contribution in [0.3, 0.4) is 0 Å². The van der Waals surface area contributed by atoms with Crippen molar-refractivity contribution < 1.29 is 0 Å². The molecule has 2 bridgehead atoms. The van der Waals surface area contributed by atoms with Crippen molar-refractivity contribution >= 4 is 22.7 Å². The Morgan fingerprint density at radius 3 is 2.50 bits per heavy atom. The molecule has 1 aliphatic carbocycles. The Hall–Kier alpha value is -1.88. The fourth-order valence-corrected chi connectivity index (χ4v) is 5.82. The molecule has 6 rings (SSSR count). The first-order valence-corrected chi connectivity index (χ1v) is 12.3. The van der Waals surface area contributed by atoms with Gasteiger partial charge in [0.15, 0.2) is 0 Å². The highest BCUT2D eigenvalue weighted by molar-refractivity contribution is 5.90. The number of hydrogen-bond donors (Lipinski definition) is 1. The second-order valence-corrected chi connectivity index (χ2v) is 9.84. The fourth-order valence-electron chi connectivity index (χ4n) is 5.82. The highest BCUT2D eigenvalue weighted by Crippen LogP contribution is 2.37. The van der Waals surface area contributed by atoms with Crippen LogP contribution in [0.25, 0.3) is 10.9 Å². The van der Waals surface area contributed by atoms with Gasteiger partial charge >= 0.3 is 0 Å². The number of anilines is 2. The van der Waals surface area contributed by atoms with E-state index in [1.165, 1.54) is 63.4 Å². The molecular weight excluding hydrogens is 370 g/mol. The van der Waals surface area contributed by atoms with E-state index in [2.05, 4.69) is 46.3 Å². The Balaban J connectivity index is 1.29. The first-order chi connectivity index (χ1) is 14.8. The molecular formula is C25H37N5. The molecule has 3 aliphatic heterocycles. The lowest BCUT2D eigenvalue weighted by molar-refractivity contribution is 0.160. The topological polar surface area (TPSA) is 44.3 Å². The minimum absolute atomic E-state index is 0.737. The van der Waals surface area contributed by atoms with Crippen molar-refractivity contribution in [2.75, 3.05) is 42.9 Å². The van der Waals surface area contributed by atoms with Crippen LogP contribution in [0.4, 0.5) is 11.8 Å². The molecule has 0 radical (unpaired) electrons. The van der Waals surface area contributed by atoms with Crippen LogP contribution >= 0.6 is 0 Å². The van der Waals surface area contributed by atoms with Crippen LogP contribution in [0.15, 0.2) is 24.3 Å². The van der Waals surface area contributed by atoms with Crippen LogP contribution in [-0.2, 0) is 0 Å². The van der Waals surface area contributed by atoms with E-state index < -0.39 is 0 Å². The molecule has 3 saturated heterocycles. The lowest BCUT2D eigenvalue weighted by Gasteiger charge is -2.33. The van der Waals surface area contributed by atoms with E-state index in [4.69, 9.17) is 9.97 Å². The minimum Gasteiger partial charge on any atom is -0.355 e. The summed E-state index contributed by atoms with van der Waals surface area (Å²) in [4.78, 5) is 15.1. The van der Waals surface area contributed by atoms with E-state index in [-0.39, 0.29) is 0 Å². The Morgan fingerprint density at radius 2 is 1.73 bits per heavy atom. The van der Waals surface area contributed by atoms with Gasteiger partial charge in [-0.15, -0.1) is 0 Å². The Labute approximate surface area is 181 Å². The zero-order valence-corrected chi connectivity index (χ0v) is 18.5. The molecule has 0 spiro atoms. The summed E-state index contributed by atoms with van der Waals surface area (Å²) in [5.74, 6) is 3.61. The van der Waals surface area contributed by atoms with E-state index in [0.29, 0.717) is 0 Å². The average molecular weight is 408 g/mol. The molecule has 2 aromatic rings. The van der Waals surface area contributed by atoms with Crippen LogP contribution in [0, 0.1) is 11.8 Å². The second-order valence-electron chi connectivity index (χ2n) is 9.84. The first kappa shape index (κ1) is 20.0. The molecule has 4 fully saturated rings. The summed E-state index contributed by atoms with van der Waals surface area (Å²) in [6.45, 7) is 8.05. The predicted octanol–water partition coefficient (Wildman–Crippen LogP) is 4.93. The van der Waals surface area contributed by atoms with E-state index in [1.807, 2.05) is 0 Å². The Morgan fingerprint density at radius 1 is 0.967 bits per heavy atom. The number of piperidine rings is 1. The number of aromatic nitrogens is 2. The maximum absolute atomic E-state index is 5.05. The number of benzene rings is 1. The molecule has 5 heteroatoms. The lowest BCUT2D eigenvalue weighted by atomic mass is 9.84. The molecule has 1 unspecified atom stereocenters. The number of para-hydroxylation sites is 1. The van der Waals surface area contributed by atoms with Crippen molar-refractivity contribution in [1.82, 2.24) is 14.9 Å². The molecule has 162 valence electrons. The van der Waals surface area contributed by atoms with Crippen molar-refractivity contribution in [2.45, 2.75) is 64.3 Å². The van der Waals surface area contributed by atoms with Gasteiger partial charge in [0.2, 0.25) is 5.95 Å². The summed E-state index contributed by atoms with van der Waals surface area (Å²) in [5.41, 5.74) is 1.06. The number of nitrogens with zero attached hydrogens (tertiary/aromatic N) is 4. The summed E-state index contributed by atoms with van der Waals surface area (Å²) in [7, 11) is 0. The standard InChI is InChI=1S/C25H37N5/c1-19-7-4-5-15-29(19)16-6-14-26-25-27-23-9-3-2-8-22(23)24(28-25)30-17-20-10-11-21(18-30)13-12-20/h2-3,8-9,19-21H,4-7,10-18H2,1H3,(H,26,27,28). The van der Waals surface area contributed by atoms with Crippen LogP contribution in [-0.4, -0.2) is 53.6 Å². The van der Waals surface area contributed by atoms with Gasteiger partial charge in [0.25, 0.3) is 0 Å². The molecule has 5 nitrogen and oxygen atoms in total. The quantitative estimate of drug-likeness (QED) is 0.688. The zero-order valence-electron chi connectivity index (χ0n) is 18.5. The first-order valence-electron chi connectivity index (χ1n) is 12.3. The van der Waals surface area contributed by atoms with Crippen molar-refractivity contribution in [3.63, 3.8) is 0 Å². The summed E-state index contributed by atoms with van der Waals surface area (Å²) in [6, 6.07) is 9.27. The maximum Gasteiger partial charge on any atom is 0.225 e. The lowest BCUT2D eigenvalue weighted by Crippen LogP contribution is -2.38. The van der Waals surface area contributed by atoms with Crippen LogP contribution < -0.4 is 10.2 Å². The zero-order chi connectivity index (χ0) is 20.3. The Kier molecular flexibility index (Phi) is 6.07. The van der Waals surface area contributed by atoms with Gasteiger partial charge in [0, 0.05) is 37.6 Å². The third-order valence-electron chi connectivity index (χ3n) is 7.65.